The van der Waals surface area contributed by atoms with E-state index in [4.69, 9.17) is 14.2 Å². The van der Waals surface area contributed by atoms with Gasteiger partial charge in [0.1, 0.15) is 23.1 Å². The van der Waals surface area contributed by atoms with Crippen LogP contribution in [0, 0.1) is 5.82 Å². The fourth-order valence-corrected chi connectivity index (χ4v) is 2.33. The van der Waals surface area contributed by atoms with Gasteiger partial charge in [-0.2, -0.15) is 0 Å². The van der Waals surface area contributed by atoms with E-state index in [0.717, 1.165) is 5.56 Å². The number of hydrogen-bond donors (Lipinski definition) is 2. The molecule has 1 atom stereocenters. The molecule has 0 aliphatic heterocycles. The molecule has 2 N–H and O–H groups in total. The van der Waals surface area contributed by atoms with Crippen LogP contribution in [0.2, 0.25) is 0 Å². The van der Waals surface area contributed by atoms with Crippen LogP contribution in [0.4, 0.5) is 4.39 Å². The average Bonchev–Trinajstić information content (AvgIpc) is 2.71. The Kier molecular flexibility index (Phi) is 7.62. The van der Waals surface area contributed by atoms with Gasteiger partial charge < -0.3 is 14.2 Å². The average molecular weight is 390 g/mol. The Balaban J connectivity index is 1.78. The Labute approximate surface area is 162 Å². The van der Waals surface area contributed by atoms with Gasteiger partial charge in [-0.05, 0) is 55.3 Å². The number of hydrogen-bond acceptors (Lipinski definition) is 5. The third kappa shape index (κ3) is 6.46. The molecular formula is C20H23FN2O5. The van der Waals surface area contributed by atoms with Crippen molar-refractivity contribution in [3.8, 4) is 17.2 Å². The van der Waals surface area contributed by atoms with E-state index >= 15 is 0 Å². The van der Waals surface area contributed by atoms with Crippen molar-refractivity contribution < 1.29 is 28.2 Å². The molecule has 28 heavy (non-hydrogen) atoms. The third-order valence-electron chi connectivity index (χ3n) is 3.87. The van der Waals surface area contributed by atoms with Crippen LogP contribution in [0.1, 0.15) is 18.9 Å². The lowest BCUT2D eigenvalue weighted by molar-refractivity contribution is -0.132. The standard InChI is InChI=1S/C20H23FN2O5/c1-13(28-16-7-5-15(21)6-8-16)20(25)23-22-19(24)9-4-14-10-17(26-2)12-18(11-14)27-3/h5-8,10-13H,4,9H2,1-3H3,(H,22,24)(H,23,25)/t13-/m1/s1. The van der Waals surface area contributed by atoms with E-state index in [-0.39, 0.29) is 12.3 Å². The van der Waals surface area contributed by atoms with Gasteiger partial charge in [0, 0.05) is 12.5 Å². The molecule has 0 fully saturated rings. The van der Waals surface area contributed by atoms with Crippen molar-refractivity contribution >= 4 is 11.8 Å². The smallest absolute Gasteiger partial charge is 0.279 e. The van der Waals surface area contributed by atoms with Crippen LogP contribution in [0.3, 0.4) is 0 Å². The zero-order valence-corrected chi connectivity index (χ0v) is 16.0. The molecule has 2 rings (SSSR count). The number of carbonyl (C=O) groups is 2. The van der Waals surface area contributed by atoms with Crippen molar-refractivity contribution in [3.05, 3.63) is 53.8 Å². The number of aryl methyl sites for hydroxylation is 1. The van der Waals surface area contributed by atoms with Gasteiger partial charge in [0.05, 0.1) is 14.2 Å². The van der Waals surface area contributed by atoms with Crippen molar-refractivity contribution in [2.45, 2.75) is 25.9 Å². The van der Waals surface area contributed by atoms with Gasteiger partial charge in [0.25, 0.3) is 5.91 Å². The Morgan fingerprint density at radius 1 is 0.964 bits per heavy atom. The van der Waals surface area contributed by atoms with E-state index in [1.54, 1.807) is 20.3 Å². The minimum absolute atomic E-state index is 0.157. The highest BCUT2D eigenvalue weighted by Crippen LogP contribution is 2.23. The number of ether oxygens (including phenoxy) is 3. The summed E-state index contributed by atoms with van der Waals surface area (Å²) < 4.78 is 28.6. The molecule has 8 heteroatoms. The summed E-state index contributed by atoms with van der Waals surface area (Å²) >= 11 is 0. The highest BCUT2D eigenvalue weighted by molar-refractivity contribution is 5.84. The zero-order valence-electron chi connectivity index (χ0n) is 16.0. The number of benzene rings is 2. The van der Waals surface area contributed by atoms with Crippen LogP contribution in [0.25, 0.3) is 0 Å². The Morgan fingerprint density at radius 3 is 2.14 bits per heavy atom. The SMILES string of the molecule is COc1cc(CCC(=O)NNC(=O)[C@@H](C)Oc2ccc(F)cc2)cc(OC)c1. The highest BCUT2D eigenvalue weighted by Gasteiger charge is 2.15. The molecule has 7 nitrogen and oxygen atoms in total. The van der Waals surface area contributed by atoms with Gasteiger partial charge in [-0.15, -0.1) is 0 Å². The van der Waals surface area contributed by atoms with Crippen molar-refractivity contribution in [1.82, 2.24) is 10.9 Å². The summed E-state index contributed by atoms with van der Waals surface area (Å²) in [5.74, 6) is 0.335. The summed E-state index contributed by atoms with van der Waals surface area (Å²) in [7, 11) is 3.10. The summed E-state index contributed by atoms with van der Waals surface area (Å²) in [5, 5.41) is 0. The topological polar surface area (TPSA) is 85.9 Å². The molecule has 150 valence electrons. The van der Waals surface area contributed by atoms with Crippen molar-refractivity contribution in [1.29, 1.82) is 0 Å². The molecule has 0 unspecified atom stereocenters. The largest absolute Gasteiger partial charge is 0.497 e. The fourth-order valence-electron chi connectivity index (χ4n) is 2.33. The molecular weight excluding hydrogens is 367 g/mol. The van der Waals surface area contributed by atoms with Gasteiger partial charge in [0.15, 0.2) is 6.10 Å². The molecule has 0 heterocycles. The third-order valence-corrected chi connectivity index (χ3v) is 3.87. The molecule has 0 bridgehead atoms. The number of halogens is 1. The molecule has 0 spiro atoms. The minimum atomic E-state index is -0.867. The Bertz CT molecular complexity index is 788. The normalized spacial score (nSPS) is 11.3. The molecule has 0 saturated carbocycles. The van der Waals surface area contributed by atoms with Gasteiger partial charge >= 0.3 is 0 Å². The Morgan fingerprint density at radius 2 is 1.57 bits per heavy atom. The quantitative estimate of drug-likeness (QED) is 0.676. The van der Waals surface area contributed by atoms with Crippen LogP contribution in [-0.4, -0.2) is 32.1 Å². The summed E-state index contributed by atoms with van der Waals surface area (Å²) in [5.41, 5.74) is 5.52. The van der Waals surface area contributed by atoms with Crippen molar-refractivity contribution in [2.75, 3.05) is 14.2 Å². The number of amides is 2. The second-order valence-electron chi connectivity index (χ2n) is 5.97. The number of methoxy groups -OCH3 is 2. The van der Waals surface area contributed by atoms with Gasteiger partial charge in [-0.25, -0.2) is 4.39 Å². The molecule has 2 aromatic carbocycles. The maximum absolute atomic E-state index is 12.9. The summed E-state index contributed by atoms with van der Waals surface area (Å²) in [4.78, 5) is 24.0. The lowest BCUT2D eigenvalue weighted by Crippen LogP contribution is -2.47. The number of carbonyl (C=O) groups excluding carboxylic acids is 2. The molecule has 0 aromatic heterocycles. The second-order valence-corrected chi connectivity index (χ2v) is 5.97. The van der Waals surface area contributed by atoms with Crippen LogP contribution in [0.5, 0.6) is 17.2 Å². The van der Waals surface area contributed by atoms with Gasteiger partial charge in [-0.3, -0.25) is 20.4 Å². The lowest BCUT2D eigenvalue weighted by Gasteiger charge is -2.15. The van der Waals surface area contributed by atoms with E-state index in [2.05, 4.69) is 10.9 Å². The van der Waals surface area contributed by atoms with Crippen LogP contribution in [-0.2, 0) is 16.0 Å². The maximum atomic E-state index is 12.9. The maximum Gasteiger partial charge on any atom is 0.279 e. The van der Waals surface area contributed by atoms with Crippen LogP contribution < -0.4 is 25.1 Å². The van der Waals surface area contributed by atoms with Crippen LogP contribution >= 0.6 is 0 Å². The van der Waals surface area contributed by atoms with E-state index in [9.17, 15) is 14.0 Å². The molecule has 0 saturated heterocycles. The van der Waals surface area contributed by atoms with E-state index < -0.39 is 17.8 Å². The molecule has 0 aliphatic carbocycles. The van der Waals surface area contributed by atoms with Gasteiger partial charge in [0.2, 0.25) is 5.91 Å². The van der Waals surface area contributed by atoms with Crippen molar-refractivity contribution in [2.24, 2.45) is 0 Å². The fraction of sp³-hybridized carbons (Fsp3) is 0.300. The van der Waals surface area contributed by atoms with E-state index in [1.165, 1.54) is 31.2 Å². The predicted molar refractivity (Wildman–Crippen MR) is 101 cm³/mol. The highest BCUT2D eigenvalue weighted by atomic mass is 19.1. The number of rotatable bonds is 8. The molecule has 0 aliphatic rings. The first-order valence-electron chi connectivity index (χ1n) is 8.64. The lowest BCUT2D eigenvalue weighted by atomic mass is 10.1. The molecule has 0 radical (unpaired) electrons. The second kappa shape index (κ2) is 10.1. The molecule has 2 aromatic rings. The summed E-state index contributed by atoms with van der Waals surface area (Å²) in [6.07, 6.45) is -0.269. The first kappa shape index (κ1) is 21.0. The van der Waals surface area contributed by atoms with E-state index in [1.807, 2.05) is 12.1 Å². The van der Waals surface area contributed by atoms with Gasteiger partial charge in [-0.1, -0.05) is 0 Å². The van der Waals surface area contributed by atoms with Crippen molar-refractivity contribution in [3.63, 3.8) is 0 Å². The first-order valence-corrected chi connectivity index (χ1v) is 8.64. The monoisotopic (exact) mass is 390 g/mol. The first-order chi connectivity index (χ1) is 13.4. The summed E-state index contributed by atoms with van der Waals surface area (Å²) in [6, 6.07) is 10.7. The van der Waals surface area contributed by atoms with E-state index in [0.29, 0.717) is 23.7 Å². The molecule has 2 amide bonds. The number of hydrazine groups is 1. The minimum Gasteiger partial charge on any atom is -0.497 e. The Hall–Kier alpha value is -3.29. The zero-order chi connectivity index (χ0) is 20.5. The van der Waals surface area contributed by atoms with Crippen LogP contribution in [0.15, 0.2) is 42.5 Å². The number of nitrogens with one attached hydrogen (secondary N) is 2. The summed E-state index contributed by atoms with van der Waals surface area (Å²) in [6.45, 7) is 1.52. The predicted octanol–water partition coefficient (Wildman–Crippen LogP) is 2.39.